The number of aryl methyl sites for hydroxylation is 1. The van der Waals surface area contributed by atoms with Crippen LogP contribution in [0.15, 0.2) is 29.2 Å². The molecule has 21 heavy (non-hydrogen) atoms. The Labute approximate surface area is 129 Å². The standard InChI is InChI=1S/C17H28O3S/c1-4-6-7-8-10-16(9-5-2)20-21(18,19)17-13-11-15(3)12-14-17/h11-14,16H,4-10H2,1-3H3/t16-/m0/s1. The van der Waals surface area contributed by atoms with Gasteiger partial charge >= 0.3 is 0 Å². The summed E-state index contributed by atoms with van der Waals surface area (Å²) in [6, 6.07) is 6.83. The third-order valence-electron chi connectivity index (χ3n) is 3.56. The number of unbranched alkanes of at least 4 members (excludes halogenated alkanes) is 3. The topological polar surface area (TPSA) is 43.4 Å². The largest absolute Gasteiger partial charge is 0.297 e. The monoisotopic (exact) mass is 312 g/mol. The Hall–Kier alpha value is -0.870. The highest BCUT2D eigenvalue weighted by Crippen LogP contribution is 2.20. The molecule has 0 aliphatic carbocycles. The first-order valence-electron chi connectivity index (χ1n) is 7.99. The van der Waals surface area contributed by atoms with Crippen molar-refractivity contribution in [3.8, 4) is 0 Å². The summed E-state index contributed by atoms with van der Waals surface area (Å²) in [5, 5.41) is 0. The molecule has 0 unspecified atom stereocenters. The van der Waals surface area contributed by atoms with Gasteiger partial charge in [0.25, 0.3) is 10.1 Å². The molecule has 1 atom stereocenters. The molecule has 0 amide bonds. The van der Waals surface area contributed by atoms with Gasteiger partial charge in [0.2, 0.25) is 0 Å². The Morgan fingerprint density at radius 3 is 2.19 bits per heavy atom. The van der Waals surface area contributed by atoms with Crippen LogP contribution in [0, 0.1) is 6.92 Å². The summed E-state index contributed by atoms with van der Waals surface area (Å²) in [7, 11) is -3.64. The predicted molar refractivity (Wildman–Crippen MR) is 86.9 cm³/mol. The second-order valence-corrected chi connectivity index (χ2v) is 7.20. The molecule has 0 heterocycles. The molecule has 3 nitrogen and oxygen atoms in total. The molecule has 0 aromatic heterocycles. The lowest BCUT2D eigenvalue weighted by molar-refractivity contribution is 0.183. The van der Waals surface area contributed by atoms with Crippen molar-refractivity contribution in [2.24, 2.45) is 0 Å². The van der Waals surface area contributed by atoms with E-state index >= 15 is 0 Å². The van der Waals surface area contributed by atoms with Crippen LogP contribution < -0.4 is 0 Å². The lowest BCUT2D eigenvalue weighted by Crippen LogP contribution is -2.18. The quantitative estimate of drug-likeness (QED) is 0.458. The van der Waals surface area contributed by atoms with E-state index in [1.807, 2.05) is 6.92 Å². The summed E-state index contributed by atoms with van der Waals surface area (Å²) in [4.78, 5) is 0.253. The van der Waals surface area contributed by atoms with E-state index in [4.69, 9.17) is 4.18 Å². The van der Waals surface area contributed by atoms with E-state index in [0.29, 0.717) is 0 Å². The first-order valence-corrected chi connectivity index (χ1v) is 9.40. The van der Waals surface area contributed by atoms with Gasteiger partial charge in [-0.3, -0.25) is 4.18 Å². The van der Waals surface area contributed by atoms with Gasteiger partial charge in [-0.15, -0.1) is 0 Å². The molecule has 0 N–H and O–H groups in total. The van der Waals surface area contributed by atoms with Crippen LogP contribution in [0.25, 0.3) is 0 Å². The molecule has 0 aliphatic rings. The van der Waals surface area contributed by atoms with Gasteiger partial charge in [-0.1, -0.05) is 63.6 Å². The zero-order valence-corrected chi connectivity index (χ0v) is 14.3. The molecule has 0 bridgehead atoms. The van der Waals surface area contributed by atoms with Crippen LogP contribution in [0.4, 0.5) is 0 Å². The van der Waals surface area contributed by atoms with Crippen LogP contribution in [0.5, 0.6) is 0 Å². The van der Waals surface area contributed by atoms with Gasteiger partial charge in [-0.05, 0) is 31.9 Å². The molecule has 1 rings (SSSR count). The van der Waals surface area contributed by atoms with E-state index in [1.54, 1.807) is 24.3 Å². The minimum atomic E-state index is -3.64. The Morgan fingerprint density at radius 1 is 0.952 bits per heavy atom. The minimum Gasteiger partial charge on any atom is -0.263 e. The summed E-state index contributed by atoms with van der Waals surface area (Å²) < 4.78 is 30.0. The second kappa shape index (κ2) is 9.21. The van der Waals surface area contributed by atoms with Crippen molar-refractivity contribution in [3.63, 3.8) is 0 Å². The molecular weight excluding hydrogens is 284 g/mol. The zero-order valence-electron chi connectivity index (χ0n) is 13.5. The third kappa shape index (κ3) is 6.62. The molecule has 0 aliphatic heterocycles. The summed E-state index contributed by atoms with van der Waals surface area (Å²) >= 11 is 0. The average Bonchev–Trinajstić information content (AvgIpc) is 2.44. The Bertz CT molecular complexity index is 491. The predicted octanol–water partition coefficient (Wildman–Crippen LogP) is 4.84. The minimum absolute atomic E-state index is 0.196. The highest BCUT2D eigenvalue weighted by atomic mass is 32.2. The highest BCUT2D eigenvalue weighted by Gasteiger charge is 2.21. The van der Waals surface area contributed by atoms with Crippen molar-refractivity contribution < 1.29 is 12.6 Å². The van der Waals surface area contributed by atoms with Gasteiger partial charge in [0.05, 0.1) is 11.0 Å². The van der Waals surface area contributed by atoms with Crippen molar-refractivity contribution in [3.05, 3.63) is 29.8 Å². The molecule has 0 radical (unpaired) electrons. The fraction of sp³-hybridized carbons (Fsp3) is 0.647. The number of hydrogen-bond donors (Lipinski definition) is 0. The van der Waals surface area contributed by atoms with E-state index in [9.17, 15) is 8.42 Å². The molecule has 1 aromatic carbocycles. The van der Waals surface area contributed by atoms with Gasteiger partial charge in [-0.25, -0.2) is 0 Å². The molecular formula is C17H28O3S. The fourth-order valence-corrected chi connectivity index (χ4v) is 3.43. The van der Waals surface area contributed by atoms with E-state index in [1.165, 1.54) is 12.8 Å². The van der Waals surface area contributed by atoms with Crippen LogP contribution in [0.1, 0.15) is 64.4 Å². The van der Waals surface area contributed by atoms with Gasteiger partial charge in [0.15, 0.2) is 0 Å². The smallest absolute Gasteiger partial charge is 0.263 e. The van der Waals surface area contributed by atoms with Crippen LogP contribution in [0.3, 0.4) is 0 Å². The third-order valence-corrected chi connectivity index (χ3v) is 4.94. The second-order valence-electron chi connectivity index (χ2n) is 5.62. The molecule has 120 valence electrons. The van der Waals surface area contributed by atoms with E-state index in [-0.39, 0.29) is 11.0 Å². The molecule has 0 saturated carbocycles. The summed E-state index contributed by atoms with van der Waals surface area (Å²) in [6.07, 6.45) is 6.90. The van der Waals surface area contributed by atoms with Crippen LogP contribution in [0.2, 0.25) is 0 Å². The average molecular weight is 312 g/mol. The maximum Gasteiger partial charge on any atom is 0.297 e. The maximum absolute atomic E-state index is 12.3. The van der Waals surface area contributed by atoms with Gasteiger partial charge in [0, 0.05) is 0 Å². The first-order chi connectivity index (χ1) is 9.99. The lowest BCUT2D eigenvalue weighted by Gasteiger charge is -2.17. The Balaban J connectivity index is 2.65. The zero-order chi connectivity index (χ0) is 15.7. The van der Waals surface area contributed by atoms with Gasteiger partial charge < -0.3 is 0 Å². The summed E-state index contributed by atoms with van der Waals surface area (Å²) in [6.45, 7) is 6.16. The van der Waals surface area contributed by atoms with Crippen molar-refractivity contribution >= 4 is 10.1 Å². The number of rotatable bonds is 10. The van der Waals surface area contributed by atoms with Crippen molar-refractivity contribution in [1.82, 2.24) is 0 Å². The first kappa shape index (κ1) is 18.2. The summed E-state index contributed by atoms with van der Waals surface area (Å²) in [5.41, 5.74) is 1.04. The normalized spacial score (nSPS) is 13.3. The molecule has 0 saturated heterocycles. The van der Waals surface area contributed by atoms with Crippen LogP contribution in [-0.2, 0) is 14.3 Å². The van der Waals surface area contributed by atoms with Crippen LogP contribution >= 0.6 is 0 Å². The fourth-order valence-electron chi connectivity index (χ4n) is 2.30. The molecule has 4 heteroatoms. The Kier molecular flexibility index (Phi) is 7.97. The number of hydrogen-bond acceptors (Lipinski definition) is 3. The van der Waals surface area contributed by atoms with E-state index in [0.717, 1.165) is 37.7 Å². The molecule has 0 fully saturated rings. The van der Waals surface area contributed by atoms with Crippen molar-refractivity contribution in [2.75, 3.05) is 0 Å². The van der Waals surface area contributed by atoms with Gasteiger partial charge in [-0.2, -0.15) is 8.42 Å². The maximum atomic E-state index is 12.3. The summed E-state index contributed by atoms with van der Waals surface area (Å²) in [5.74, 6) is 0. The van der Waals surface area contributed by atoms with Crippen molar-refractivity contribution in [2.45, 2.75) is 76.7 Å². The Morgan fingerprint density at radius 2 is 1.62 bits per heavy atom. The van der Waals surface area contributed by atoms with Crippen LogP contribution in [-0.4, -0.2) is 14.5 Å². The highest BCUT2D eigenvalue weighted by molar-refractivity contribution is 7.86. The SMILES string of the molecule is CCCCCC[C@H](CCC)OS(=O)(=O)c1ccc(C)cc1. The van der Waals surface area contributed by atoms with E-state index < -0.39 is 10.1 Å². The number of benzene rings is 1. The van der Waals surface area contributed by atoms with Crippen molar-refractivity contribution in [1.29, 1.82) is 0 Å². The molecule has 0 spiro atoms. The lowest BCUT2D eigenvalue weighted by atomic mass is 10.1. The molecule has 1 aromatic rings. The van der Waals surface area contributed by atoms with Gasteiger partial charge in [0.1, 0.15) is 0 Å². The van der Waals surface area contributed by atoms with E-state index in [2.05, 4.69) is 13.8 Å².